The normalized spacial score (nSPS) is 18.2. The molecule has 20 heavy (non-hydrogen) atoms. The van der Waals surface area contributed by atoms with Crippen LogP contribution < -0.4 is 11.1 Å². The summed E-state index contributed by atoms with van der Waals surface area (Å²) in [7, 11) is 0. The van der Waals surface area contributed by atoms with Crippen LogP contribution in [0.25, 0.3) is 0 Å². The molecule has 118 valence electrons. The van der Waals surface area contributed by atoms with E-state index in [4.69, 9.17) is 5.73 Å². The minimum Gasteiger partial charge on any atom is -0.356 e. The predicted molar refractivity (Wildman–Crippen MR) is 85.6 cm³/mol. The highest BCUT2D eigenvalue weighted by molar-refractivity contribution is 5.77. The molecule has 1 aliphatic carbocycles. The molecule has 1 rings (SSSR count). The zero-order chi connectivity index (χ0) is 14.8. The monoisotopic (exact) mass is 282 g/mol. The summed E-state index contributed by atoms with van der Waals surface area (Å²) >= 11 is 0. The molecule has 0 aromatic heterocycles. The van der Waals surface area contributed by atoms with Crippen molar-refractivity contribution in [2.24, 2.45) is 11.7 Å². The molecule has 0 saturated heterocycles. The summed E-state index contributed by atoms with van der Waals surface area (Å²) in [4.78, 5) is 11.9. The van der Waals surface area contributed by atoms with E-state index in [1.54, 1.807) is 0 Å². The smallest absolute Gasteiger partial charge is 0.221 e. The Labute approximate surface area is 125 Å². The van der Waals surface area contributed by atoms with Gasteiger partial charge < -0.3 is 11.1 Å². The maximum atomic E-state index is 11.9. The van der Waals surface area contributed by atoms with Gasteiger partial charge in [0.05, 0.1) is 0 Å². The van der Waals surface area contributed by atoms with Crippen LogP contribution in [0.15, 0.2) is 0 Å². The average molecular weight is 282 g/mol. The number of carbonyl (C=O) groups is 1. The number of amides is 1. The number of nitrogens with one attached hydrogen (secondary N) is 1. The Kier molecular flexibility index (Phi) is 8.20. The van der Waals surface area contributed by atoms with Crippen LogP contribution >= 0.6 is 0 Å². The molecule has 0 aliphatic heterocycles. The predicted octanol–water partition coefficient (Wildman–Crippen LogP) is 3.76. The minimum atomic E-state index is -0.223. The second kappa shape index (κ2) is 9.38. The van der Waals surface area contributed by atoms with Crippen molar-refractivity contribution in [3.63, 3.8) is 0 Å². The molecule has 0 unspecified atom stereocenters. The lowest BCUT2D eigenvalue weighted by Crippen LogP contribution is -2.46. The fourth-order valence-corrected chi connectivity index (χ4v) is 3.07. The van der Waals surface area contributed by atoms with Gasteiger partial charge in [-0.25, -0.2) is 0 Å². The standard InChI is InChI=1S/C17H34N2O/c1-15(2)10-6-3-4-9-13-19-16(20)14-17(18)11-7-5-8-12-17/h15H,3-14,18H2,1-2H3,(H,19,20). The van der Waals surface area contributed by atoms with Gasteiger partial charge in [-0.1, -0.05) is 58.8 Å². The van der Waals surface area contributed by atoms with Crippen molar-refractivity contribution in [1.82, 2.24) is 5.32 Å². The molecule has 1 fully saturated rings. The number of unbranched alkanes of at least 4 members (excludes halogenated alkanes) is 3. The van der Waals surface area contributed by atoms with Crippen LogP contribution in [0.3, 0.4) is 0 Å². The highest BCUT2D eigenvalue weighted by atomic mass is 16.1. The Morgan fingerprint density at radius 2 is 1.75 bits per heavy atom. The van der Waals surface area contributed by atoms with Crippen molar-refractivity contribution in [1.29, 1.82) is 0 Å². The molecule has 1 aliphatic rings. The summed E-state index contributed by atoms with van der Waals surface area (Å²) in [6.07, 6.45) is 12.4. The van der Waals surface area contributed by atoms with Gasteiger partial charge in [-0.2, -0.15) is 0 Å². The highest BCUT2D eigenvalue weighted by Crippen LogP contribution is 2.28. The van der Waals surface area contributed by atoms with Gasteiger partial charge >= 0.3 is 0 Å². The van der Waals surface area contributed by atoms with Crippen LogP contribution in [0.5, 0.6) is 0 Å². The van der Waals surface area contributed by atoms with Crippen LogP contribution in [-0.2, 0) is 4.79 Å². The second-order valence-corrected chi connectivity index (χ2v) is 7.05. The van der Waals surface area contributed by atoms with E-state index in [1.807, 2.05) is 0 Å². The van der Waals surface area contributed by atoms with Crippen molar-refractivity contribution in [3.8, 4) is 0 Å². The number of rotatable bonds is 9. The Hall–Kier alpha value is -0.570. The number of hydrogen-bond acceptors (Lipinski definition) is 2. The maximum absolute atomic E-state index is 11.9. The van der Waals surface area contributed by atoms with Crippen LogP contribution in [0.4, 0.5) is 0 Å². The quantitative estimate of drug-likeness (QED) is 0.633. The Balaban J connectivity index is 2.00. The zero-order valence-corrected chi connectivity index (χ0v) is 13.5. The molecule has 0 radical (unpaired) electrons. The first kappa shape index (κ1) is 17.5. The van der Waals surface area contributed by atoms with E-state index in [-0.39, 0.29) is 11.4 Å². The third kappa shape index (κ3) is 7.88. The van der Waals surface area contributed by atoms with E-state index < -0.39 is 0 Å². The van der Waals surface area contributed by atoms with Gasteiger partial charge in [-0.3, -0.25) is 4.79 Å². The molecule has 0 atom stereocenters. The first-order chi connectivity index (χ1) is 9.52. The van der Waals surface area contributed by atoms with Gasteiger partial charge in [0, 0.05) is 18.5 Å². The van der Waals surface area contributed by atoms with Gasteiger partial charge in [0.2, 0.25) is 5.91 Å². The third-order valence-corrected chi connectivity index (χ3v) is 4.39. The van der Waals surface area contributed by atoms with Crippen LogP contribution in [0, 0.1) is 5.92 Å². The van der Waals surface area contributed by atoms with Crippen molar-refractivity contribution >= 4 is 5.91 Å². The minimum absolute atomic E-state index is 0.150. The van der Waals surface area contributed by atoms with E-state index in [1.165, 1.54) is 44.9 Å². The van der Waals surface area contributed by atoms with Gasteiger partial charge in [0.15, 0.2) is 0 Å². The molecule has 3 N–H and O–H groups in total. The van der Waals surface area contributed by atoms with Gasteiger partial charge in [0.1, 0.15) is 0 Å². The van der Waals surface area contributed by atoms with Gasteiger partial charge in [0.25, 0.3) is 0 Å². The molecule has 3 heteroatoms. The van der Waals surface area contributed by atoms with Crippen molar-refractivity contribution in [2.45, 2.75) is 90.0 Å². The fraction of sp³-hybridized carbons (Fsp3) is 0.941. The molecule has 1 amide bonds. The highest BCUT2D eigenvalue weighted by Gasteiger charge is 2.29. The maximum Gasteiger partial charge on any atom is 0.221 e. The molecule has 0 bridgehead atoms. The molecule has 0 aromatic carbocycles. The molecule has 0 aromatic rings. The summed E-state index contributed by atoms with van der Waals surface area (Å²) < 4.78 is 0. The van der Waals surface area contributed by atoms with Crippen molar-refractivity contribution in [2.75, 3.05) is 6.54 Å². The van der Waals surface area contributed by atoms with Crippen molar-refractivity contribution < 1.29 is 4.79 Å². The average Bonchev–Trinajstić information content (AvgIpc) is 2.37. The molecular weight excluding hydrogens is 248 g/mol. The fourth-order valence-electron chi connectivity index (χ4n) is 3.07. The second-order valence-electron chi connectivity index (χ2n) is 7.05. The van der Waals surface area contributed by atoms with Crippen molar-refractivity contribution in [3.05, 3.63) is 0 Å². The SMILES string of the molecule is CC(C)CCCCCCNC(=O)CC1(N)CCCCC1. The van der Waals surface area contributed by atoms with Gasteiger partial charge in [-0.05, 0) is 25.2 Å². The van der Waals surface area contributed by atoms with Crippen LogP contribution in [0.2, 0.25) is 0 Å². The summed E-state index contributed by atoms with van der Waals surface area (Å²) in [6.45, 7) is 5.36. The van der Waals surface area contributed by atoms with E-state index >= 15 is 0 Å². The van der Waals surface area contributed by atoms with Crippen LogP contribution in [0.1, 0.15) is 84.5 Å². The van der Waals surface area contributed by atoms with E-state index in [2.05, 4.69) is 19.2 Å². The molecule has 0 spiro atoms. The summed E-state index contributed by atoms with van der Waals surface area (Å²) in [5.74, 6) is 0.961. The molecule has 3 nitrogen and oxygen atoms in total. The lowest BCUT2D eigenvalue weighted by Gasteiger charge is -2.32. The molecule has 1 saturated carbocycles. The summed E-state index contributed by atoms with van der Waals surface area (Å²) in [5.41, 5.74) is 6.07. The van der Waals surface area contributed by atoms with E-state index in [9.17, 15) is 4.79 Å². The first-order valence-electron chi connectivity index (χ1n) is 8.57. The summed E-state index contributed by atoms with van der Waals surface area (Å²) in [6, 6.07) is 0. The van der Waals surface area contributed by atoms with E-state index in [0.717, 1.165) is 31.7 Å². The molecular formula is C17H34N2O. The molecule has 0 heterocycles. The van der Waals surface area contributed by atoms with Gasteiger partial charge in [-0.15, -0.1) is 0 Å². The van der Waals surface area contributed by atoms with Crippen LogP contribution in [-0.4, -0.2) is 18.0 Å². The lowest BCUT2D eigenvalue weighted by molar-refractivity contribution is -0.122. The number of nitrogens with two attached hydrogens (primary N) is 1. The first-order valence-corrected chi connectivity index (χ1v) is 8.57. The Morgan fingerprint density at radius 1 is 1.10 bits per heavy atom. The number of hydrogen-bond donors (Lipinski definition) is 2. The van der Waals surface area contributed by atoms with E-state index in [0.29, 0.717) is 6.42 Å². The Morgan fingerprint density at radius 3 is 2.40 bits per heavy atom. The topological polar surface area (TPSA) is 55.1 Å². The lowest BCUT2D eigenvalue weighted by atomic mass is 9.80. The zero-order valence-electron chi connectivity index (χ0n) is 13.5. The largest absolute Gasteiger partial charge is 0.356 e. The third-order valence-electron chi connectivity index (χ3n) is 4.39. The number of carbonyl (C=O) groups excluding carboxylic acids is 1. The Bertz CT molecular complexity index is 270. The summed E-state index contributed by atoms with van der Waals surface area (Å²) in [5, 5.41) is 3.04.